The van der Waals surface area contributed by atoms with E-state index in [1.165, 1.54) is 31.2 Å². The van der Waals surface area contributed by atoms with Gasteiger partial charge in [0.1, 0.15) is 5.69 Å². The minimum absolute atomic E-state index is 0.00691. The topological polar surface area (TPSA) is 30.0 Å². The highest BCUT2D eigenvalue weighted by atomic mass is 16.1. The molecule has 0 unspecified atom stereocenters. The molecule has 2 nitrogen and oxygen atoms in total. The van der Waals surface area contributed by atoms with Gasteiger partial charge in [0, 0.05) is 11.8 Å². The smallest absolute Gasteiger partial charge is 0.211 e. The van der Waals surface area contributed by atoms with Crippen LogP contribution in [0.15, 0.2) is 42.6 Å². The fraction of sp³-hybridized carbons (Fsp3) is 0.368. The first-order valence-corrected chi connectivity index (χ1v) is 7.77. The molecular formula is C19H23NO. The predicted molar refractivity (Wildman–Crippen MR) is 86.7 cm³/mol. The zero-order valence-corrected chi connectivity index (χ0v) is 12.9. The van der Waals surface area contributed by atoms with Crippen molar-refractivity contribution in [3.8, 4) is 0 Å². The average Bonchev–Trinajstić information content (AvgIpc) is 2.52. The Labute approximate surface area is 127 Å². The molecule has 1 heterocycles. The maximum atomic E-state index is 12.3. The first-order valence-electron chi connectivity index (χ1n) is 7.77. The Hall–Kier alpha value is -1.96. The van der Waals surface area contributed by atoms with Gasteiger partial charge in [-0.1, -0.05) is 56.5 Å². The van der Waals surface area contributed by atoms with Crippen molar-refractivity contribution in [2.75, 3.05) is 0 Å². The Balaban J connectivity index is 1.98. The molecule has 110 valence electrons. The summed E-state index contributed by atoms with van der Waals surface area (Å²) in [5.41, 5.74) is 3.59. The number of ketones is 1. The molecule has 0 radical (unpaired) electrons. The van der Waals surface area contributed by atoms with Crippen LogP contribution in [-0.4, -0.2) is 10.8 Å². The Morgan fingerprint density at radius 2 is 1.76 bits per heavy atom. The third kappa shape index (κ3) is 4.52. The molecule has 2 heteroatoms. The van der Waals surface area contributed by atoms with Crippen molar-refractivity contribution in [3.05, 3.63) is 65.0 Å². The van der Waals surface area contributed by atoms with Gasteiger partial charge in [-0.25, -0.2) is 0 Å². The molecular weight excluding hydrogens is 258 g/mol. The summed E-state index contributed by atoms with van der Waals surface area (Å²) in [6.45, 7) is 4.19. The van der Waals surface area contributed by atoms with Crippen molar-refractivity contribution in [2.45, 2.75) is 46.0 Å². The van der Waals surface area contributed by atoms with Crippen molar-refractivity contribution < 1.29 is 4.79 Å². The molecule has 0 aliphatic rings. The quantitative estimate of drug-likeness (QED) is 0.542. The molecule has 0 saturated heterocycles. The lowest BCUT2D eigenvalue weighted by molar-refractivity contribution is 0.103. The number of pyridine rings is 1. The molecule has 0 amide bonds. The van der Waals surface area contributed by atoms with Crippen LogP contribution in [0.5, 0.6) is 0 Å². The largest absolute Gasteiger partial charge is 0.287 e. The second kappa shape index (κ2) is 7.72. The number of aryl methyl sites for hydroxylation is 2. The lowest BCUT2D eigenvalue weighted by Crippen LogP contribution is -2.04. The van der Waals surface area contributed by atoms with Gasteiger partial charge < -0.3 is 0 Å². The number of unbranched alkanes of at least 4 members (excludes halogenated alkanes) is 3. The minimum atomic E-state index is -0.00691. The van der Waals surface area contributed by atoms with Gasteiger partial charge in [0.15, 0.2) is 0 Å². The summed E-state index contributed by atoms with van der Waals surface area (Å²) >= 11 is 0. The molecule has 2 rings (SSSR count). The van der Waals surface area contributed by atoms with Crippen molar-refractivity contribution >= 4 is 5.78 Å². The van der Waals surface area contributed by atoms with Crippen LogP contribution in [-0.2, 0) is 6.42 Å². The maximum absolute atomic E-state index is 12.3. The van der Waals surface area contributed by atoms with Gasteiger partial charge in [0.2, 0.25) is 5.78 Å². The Morgan fingerprint density at radius 1 is 1.00 bits per heavy atom. The van der Waals surface area contributed by atoms with Gasteiger partial charge in [-0.05, 0) is 37.0 Å². The second-order valence-corrected chi connectivity index (χ2v) is 5.56. The molecule has 0 atom stereocenters. The van der Waals surface area contributed by atoms with Gasteiger partial charge in [0.25, 0.3) is 0 Å². The summed E-state index contributed by atoms with van der Waals surface area (Å²) in [5.74, 6) is -0.00691. The molecule has 0 bridgehead atoms. The summed E-state index contributed by atoms with van der Waals surface area (Å²) in [5, 5.41) is 0. The summed E-state index contributed by atoms with van der Waals surface area (Å²) < 4.78 is 0. The van der Waals surface area contributed by atoms with E-state index >= 15 is 0 Å². The number of nitrogens with zero attached hydrogens (tertiary/aromatic N) is 1. The van der Waals surface area contributed by atoms with E-state index in [0.717, 1.165) is 12.0 Å². The average molecular weight is 281 g/mol. The lowest BCUT2D eigenvalue weighted by atomic mass is 10.0. The second-order valence-electron chi connectivity index (χ2n) is 5.56. The normalized spacial score (nSPS) is 10.6. The first-order chi connectivity index (χ1) is 10.2. The van der Waals surface area contributed by atoms with Crippen LogP contribution >= 0.6 is 0 Å². The fourth-order valence-corrected chi connectivity index (χ4v) is 2.33. The van der Waals surface area contributed by atoms with Crippen molar-refractivity contribution in [3.63, 3.8) is 0 Å². The molecule has 1 aromatic heterocycles. The summed E-state index contributed by atoms with van der Waals surface area (Å²) in [6.07, 6.45) is 7.89. The van der Waals surface area contributed by atoms with Gasteiger partial charge in [-0.2, -0.15) is 0 Å². The highest BCUT2D eigenvalue weighted by molar-refractivity contribution is 6.07. The van der Waals surface area contributed by atoms with E-state index in [4.69, 9.17) is 0 Å². The number of rotatable bonds is 7. The van der Waals surface area contributed by atoms with E-state index in [1.807, 2.05) is 25.1 Å². The fourth-order valence-electron chi connectivity index (χ4n) is 2.33. The summed E-state index contributed by atoms with van der Waals surface area (Å²) in [4.78, 5) is 16.5. The van der Waals surface area contributed by atoms with Crippen molar-refractivity contribution in [1.82, 2.24) is 4.98 Å². The van der Waals surface area contributed by atoms with Crippen LogP contribution in [0.2, 0.25) is 0 Å². The van der Waals surface area contributed by atoms with Crippen molar-refractivity contribution in [1.29, 1.82) is 0 Å². The Bertz CT molecular complexity index is 570. The first kappa shape index (κ1) is 15.4. The summed E-state index contributed by atoms with van der Waals surface area (Å²) in [6, 6.07) is 11.7. The number of hydrogen-bond acceptors (Lipinski definition) is 2. The van der Waals surface area contributed by atoms with Crippen LogP contribution in [0.1, 0.15) is 59.8 Å². The van der Waals surface area contributed by atoms with Crippen LogP contribution in [0.25, 0.3) is 0 Å². The maximum Gasteiger partial charge on any atom is 0.211 e. The highest BCUT2D eigenvalue weighted by Crippen LogP contribution is 2.12. The van der Waals surface area contributed by atoms with Crippen LogP contribution in [0.4, 0.5) is 0 Å². The molecule has 0 N–H and O–H groups in total. The lowest BCUT2D eigenvalue weighted by Gasteiger charge is -2.04. The zero-order chi connectivity index (χ0) is 15.1. The van der Waals surface area contributed by atoms with E-state index in [1.54, 1.807) is 12.3 Å². The van der Waals surface area contributed by atoms with Gasteiger partial charge in [-0.15, -0.1) is 0 Å². The molecule has 21 heavy (non-hydrogen) atoms. The third-order valence-corrected chi connectivity index (χ3v) is 3.68. The molecule has 0 aliphatic carbocycles. The van der Waals surface area contributed by atoms with E-state index in [2.05, 4.69) is 24.0 Å². The van der Waals surface area contributed by atoms with Crippen LogP contribution < -0.4 is 0 Å². The molecule has 1 aromatic carbocycles. The number of aromatic nitrogens is 1. The molecule has 0 fully saturated rings. The van der Waals surface area contributed by atoms with E-state index in [9.17, 15) is 4.79 Å². The standard InChI is InChI=1S/C19H23NO/c1-3-4-5-6-7-16-9-11-17(12-10-16)19(21)18-13-8-15(2)14-20-18/h8-14H,3-7H2,1-2H3. The summed E-state index contributed by atoms with van der Waals surface area (Å²) in [7, 11) is 0. The van der Waals surface area contributed by atoms with E-state index < -0.39 is 0 Å². The monoisotopic (exact) mass is 281 g/mol. The van der Waals surface area contributed by atoms with Crippen LogP contribution in [0, 0.1) is 6.92 Å². The number of hydrogen-bond donors (Lipinski definition) is 0. The minimum Gasteiger partial charge on any atom is -0.287 e. The van der Waals surface area contributed by atoms with Gasteiger partial charge in [0.05, 0.1) is 0 Å². The van der Waals surface area contributed by atoms with Crippen LogP contribution in [0.3, 0.4) is 0 Å². The Kier molecular flexibility index (Phi) is 5.68. The highest BCUT2D eigenvalue weighted by Gasteiger charge is 2.09. The zero-order valence-electron chi connectivity index (χ0n) is 12.9. The van der Waals surface area contributed by atoms with Crippen molar-refractivity contribution in [2.24, 2.45) is 0 Å². The van der Waals surface area contributed by atoms with Gasteiger partial charge in [-0.3, -0.25) is 9.78 Å². The third-order valence-electron chi connectivity index (χ3n) is 3.68. The number of carbonyl (C=O) groups is 1. The molecule has 0 aliphatic heterocycles. The molecule has 0 spiro atoms. The van der Waals surface area contributed by atoms with E-state index in [0.29, 0.717) is 11.3 Å². The predicted octanol–water partition coefficient (Wildman–Crippen LogP) is 4.74. The number of carbonyl (C=O) groups excluding carboxylic acids is 1. The Morgan fingerprint density at radius 3 is 2.38 bits per heavy atom. The molecule has 0 saturated carbocycles. The SMILES string of the molecule is CCCCCCc1ccc(C(=O)c2ccc(C)cn2)cc1. The van der Waals surface area contributed by atoms with E-state index in [-0.39, 0.29) is 5.78 Å². The number of benzene rings is 1. The molecule has 2 aromatic rings. The van der Waals surface area contributed by atoms with Gasteiger partial charge >= 0.3 is 0 Å².